The van der Waals surface area contributed by atoms with Crippen LogP contribution in [0.5, 0.6) is 5.75 Å². The first-order chi connectivity index (χ1) is 8.60. The van der Waals surface area contributed by atoms with Gasteiger partial charge in [-0.15, -0.1) is 6.58 Å². The molecule has 0 aliphatic rings. The monoisotopic (exact) mass is 251 g/mol. The van der Waals surface area contributed by atoms with Crippen LogP contribution in [0.1, 0.15) is 17.3 Å². The van der Waals surface area contributed by atoms with Gasteiger partial charge in [-0.2, -0.15) is 0 Å². The van der Waals surface area contributed by atoms with Crippen molar-refractivity contribution < 1.29 is 18.7 Å². The molecular weight excluding hydrogens is 237 g/mol. The maximum atomic E-state index is 13.5. The van der Waals surface area contributed by atoms with E-state index in [1.165, 1.54) is 25.1 Å². The Bertz CT molecular complexity index is 460. The predicted molar refractivity (Wildman–Crippen MR) is 65.1 cm³/mol. The molecule has 0 spiro atoms. The molecule has 0 fully saturated rings. The minimum Gasteiger partial charge on any atom is -0.477 e. The van der Waals surface area contributed by atoms with Crippen molar-refractivity contribution in [2.75, 3.05) is 6.54 Å². The molecule has 1 atom stereocenters. The predicted octanol–water partition coefficient (Wildman–Crippen LogP) is 1.71. The van der Waals surface area contributed by atoms with E-state index in [1.54, 1.807) is 0 Å². The molecule has 0 saturated heterocycles. The molecule has 0 aromatic heterocycles. The Kier molecular flexibility index (Phi) is 5.05. The molecule has 0 aliphatic carbocycles. The van der Waals surface area contributed by atoms with Crippen molar-refractivity contribution in [3.8, 4) is 5.75 Å². The van der Waals surface area contributed by atoms with Crippen LogP contribution in [0.4, 0.5) is 4.39 Å². The molecule has 0 bridgehead atoms. The van der Waals surface area contributed by atoms with Crippen molar-refractivity contribution >= 4 is 12.2 Å². The normalized spacial score (nSPS) is 11.4. The molecule has 96 valence electrons. The molecule has 0 aliphatic heterocycles. The van der Waals surface area contributed by atoms with Crippen LogP contribution in [-0.4, -0.2) is 24.8 Å². The maximum absolute atomic E-state index is 13.5. The molecule has 1 amide bonds. The average molecular weight is 251 g/mol. The summed E-state index contributed by atoms with van der Waals surface area (Å²) in [5.74, 6) is -1.30. The number of hydrogen-bond donors (Lipinski definition) is 1. The quantitative estimate of drug-likeness (QED) is 0.618. The van der Waals surface area contributed by atoms with E-state index < -0.39 is 17.8 Å². The van der Waals surface area contributed by atoms with Crippen molar-refractivity contribution in [3.05, 3.63) is 42.2 Å². The van der Waals surface area contributed by atoms with E-state index in [0.717, 1.165) is 6.07 Å². The number of halogens is 1. The summed E-state index contributed by atoms with van der Waals surface area (Å²) >= 11 is 0. The standard InChI is InChI=1S/C13H14FNO3/c1-3-7-15-13(17)9(2)18-12-10(8-16)5-4-6-11(12)14/h3-6,8-9H,1,7H2,2H3,(H,15,17). The summed E-state index contributed by atoms with van der Waals surface area (Å²) in [5.41, 5.74) is 0.0679. The Hall–Kier alpha value is -2.17. The van der Waals surface area contributed by atoms with Gasteiger partial charge in [0.25, 0.3) is 5.91 Å². The van der Waals surface area contributed by atoms with Gasteiger partial charge in [0, 0.05) is 6.54 Å². The van der Waals surface area contributed by atoms with E-state index in [9.17, 15) is 14.0 Å². The average Bonchev–Trinajstić information content (AvgIpc) is 2.38. The lowest BCUT2D eigenvalue weighted by Crippen LogP contribution is -2.36. The summed E-state index contributed by atoms with van der Waals surface area (Å²) in [6.45, 7) is 5.22. The number of carbonyl (C=O) groups is 2. The Morgan fingerprint density at radius 2 is 2.33 bits per heavy atom. The SMILES string of the molecule is C=CCNC(=O)C(C)Oc1c(F)cccc1C=O. The first-order valence-corrected chi connectivity index (χ1v) is 5.39. The molecule has 5 heteroatoms. The van der Waals surface area contributed by atoms with Gasteiger partial charge in [0.05, 0.1) is 5.56 Å². The Balaban J connectivity index is 2.81. The number of carbonyl (C=O) groups excluding carboxylic acids is 2. The van der Waals surface area contributed by atoms with Crippen LogP contribution in [0.3, 0.4) is 0 Å². The summed E-state index contributed by atoms with van der Waals surface area (Å²) in [6.07, 6.45) is 1.10. The van der Waals surface area contributed by atoms with E-state index in [2.05, 4.69) is 11.9 Å². The lowest BCUT2D eigenvalue weighted by molar-refractivity contribution is -0.127. The van der Waals surface area contributed by atoms with Gasteiger partial charge in [-0.3, -0.25) is 9.59 Å². The lowest BCUT2D eigenvalue weighted by Gasteiger charge is -2.15. The van der Waals surface area contributed by atoms with Gasteiger partial charge in [-0.1, -0.05) is 12.1 Å². The topological polar surface area (TPSA) is 55.4 Å². The first-order valence-electron chi connectivity index (χ1n) is 5.39. The van der Waals surface area contributed by atoms with Crippen LogP contribution >= 0.6 is 0 Å². The summed E-state index contributed by atoms with van der Waals surface area (Å²) in [7, 11) is 0. The van der Waals surface area contributed by atoms with Crippen molar-refractivity contribution in [2.24, 2.45) is 0 Å². The fourth-order valence-corrected chi connectivity index (χ4v) is 1.29. The van der Waals surface area contributed by atoms with E-state index >= 15 is 0 Å². The third kappa shape index (κ3) is 3.41. The van der Waals surface area contributed by atoms with Crippen molar-refractivity contribution in [3.63, 3.8) is 0 Å². The van der Waals surface area contributed by atoms with Crippen LogP contribution < -0.4 is 10.1 Å². The van der Waals surface area contributed by atoms with Crippen LogP contribution in [0, 0.1) is 5.82 Å². The fraction of sp³-hybridized carbons (Fsp3) is 0.231. The summed E-state index contributed by atoms with van der Waals surface area (Å²) in [6, 6.07) is 3.98. The highest BCUT2D eigenvalue weighted by Crippen LogP contribution is 2.22. The van der Waals surface area contributed by atoms with Crippen molar-refractivity contribution in [1.29, 1.82) is 0 Å². The van der Waals surface area contributed by atoms with Gasteiger partial charge in [-0.05, 0) is 19.1 Å². The van der Waals surface area contributed by atoms with Gasteiger partial charge in [0.1, 0.15) is 0 Å². The molecule has 1 rings (SSSR count). The van der Waals surface area contributed by atoms with Crippen LogP contribution in [-0.2, 0) is 4.79 Å². The minimum absolute atomic E-state index is 0.0679. The van der Waals surface area contributed by atoms with E-state index in [4.69, 9.17) is 4.74 Å². The molecule has 1 aromatic carbocycles. The van der Waals surface area contributed by atoms with Crippen molar-refractivity contribution in [1.82, 2.24) is 5.32 Å². The molecule has 1 aromatic rings. The van der Waals surface area contributed by atoms with Gasteiger partial charge in [0.2, 0.25) is 0 Å². The highest BCUT2D eigenvalue weighted by molar-refractivity contribution is 5.82. The molecule has 1 unspecified atom stereocenters. The smallest absolute Gasteiger partial charge is 0.261 e. The number of rotatable bonds is 6. The molecule has 0 heterocycles. The van der Waals surface area contributed by atoms with Gasteiger partial charge in [-0.25, -0.2) is 4.39 Å². The van der Waals surface area contributed by atoms with Crippen LogP contribution in [0.25, 0.3) is 0 Å². The zero-order valence-corrected chi connectivity index (χ0v) is 9.98. The first kappa shape index (κ1) is 13.9. The lowest BCUT2D eigenvalue weighted by atomic mass is 10.2. The second-order valence-electron chi connectivity index (χ2n) is 3.57. The van der Waals surface area contributed by atoms with Crippen LogP contribution in [0.15, 0.2) is 30.9 Å². The van der Waals surface area contributed by atoms with Gasteiger partial charge in [0.15, 0.2) is 24.0 Å². The zero-order chi connectivity index (χ0) is 13.5. The Morgan fingerprint density at radius 1 is 1.61 bits per heavy atom. The second kappa shape index (κ2) is 6.54. The molecule has 0 saturated carbocycles. The Morgan fingerprint density at radius 3 is 2.94 bits per heavy atom. The second-order valence-corrected chi connectivity index (χ2v) is 3.57. The van der Waals surface area contributed by atoms with E-state index in [0.29, 0.717) is 12.8 Å². The number of para-hydroxylation sites is 1. The maximum Gasteiger partial charge on any atom is 0.261 e. The highest BCUT2D eigenvalue weighted by Gasteiger charge is 2.18. The summed E-state index contributed by atoms with van der Waals surface area (Å²) < 4.78 is 18.7. The fourth-order valence-electron chi connectivity index (χ4n) is 1.29. The molecule has 1 N–H and O–H groups in total. The van der Waals surface area contributed by atoms with Gasteiger partial charge >= 0.3 is 0 Å². The highest BCUT2D eigenvalue weighted by atomic mass is 19.1. The summed E-state index contributed by atoms with van der Waals surface area (Å²) in [5, 5.41) is 2.52. The number of hydrogen-bond acceptors (Lipinski definition) is 3. The van der Waals surface area contributed by atoms with Crippen LogP contribution in [0.2, 0.25) is 0 Å². The minimum atomic E-state index is -0.902. The largest absolute Gasteiger partial charge is 0.477 e. The number of benzene rings is 1. The van der Waals surface area contributed by atoms with Crippen molar-refractivity contribution in [2.45, 2.75) is 13.0 Å². The molecular formula is C13H14FNO3. The van der Waals surface area contributed by atoms with E-state index in [1.807, 2.05) is 0 Å². The third-order valence-corrected chi connectivity index (χ3v) is 2.21. The molecule has 0 radical (unpaired) electrons. The number of aldehydes is 1. The number of amides is 1. The van der Waals surface area contributed by atoms with E-state index in [-0.39, 0.29) is 11.3 Å². The van der Waals surface area contributed by atoms with Gasteiger partial charge < -0.3 is 10.1 Å². The Labute approximate surface area is 104 Å². The number of ether oxygens (including phenoxy) is 1. The number of nitrogens with one attached hydrogen (secondary N) is 1. The molecule has 4 nitrogen and oxygen atoms in total. The molecule has 18 heavy (non-hydrogen) atoms. The third-order valence-electron chi connectivity index (χ3n) is 2.21. The summed E-state index contributed by atoms with van der Waals surface area (Å²) in [4.78, 5) is 22.3. The zero-order valence-electron chi connectivity index (χ0n) is 9.98.